The molecule has 2 aromatic carbocycles. The van der Waals surface area contributed by atoms with Gasteiger partial charge in [0.05, 0.1) is 22.4 Å². The number of aliphatic carboxylic acids is 1. The number of carbonyl (C=O) groups is 5. The van der Waals surface area contributed by atoms with Gasteiger partial charge in [-0.3, -0.25) is 23.2 Å². The molecule has 21 heteroatoms. The van der Waals surface area contributed by atoms with Crippen LogP contribution in [0.4, 0.5) is 28.3 Å². The second kappa shape index (κ2) is 24.0. The second-order valence-electron chi connectivity index (χ2n) is 18.9. The largest absolute Gasteiger partial charge is 0.472 e. The summed E-state index contributed by atoms with van der Waals surface area (Å²) < 4.78 is 9.18. The van der Waals surface area contributed by atoms with Gasteiger partial charge in [0.15, 0.2) is 0 Å². The van der Waals surface area contributed by atoms with Crippen LogP contribution < -0.4 is 22.1 Å². The molecule has 8 heterocycles. The van der Waals surface area contributed by atoms with Crippen LogP contribution in [-0.4, -0.2) is 115 Å². The van der Waals surface area contributed by atoms with Crippen LogP contribution in [0.15, 0.2) is 122 Å². The standard InChI is InChI=1S/C27H29N7O3.C26H23N7O2.C4H4O2/c1-27(2,3)37-26(36)33-15-12-19(16-33)22-20-11-14-30-25(28)34(20)23(32-22)17-7-9-18(10-8-17)24(35)31-21-6-4-5-13-29-21;1-2-5-22(34)32-15-12-19(16-32)23-20-11-14-29-26(27)33(20)24(31-23)17-7-9-18(10-8-17)25(35)30-21-6-3-4-13-28-21;1-2-3-4(5)6/h4-11,13-14,19H,12,15-16H2,1-3H3,(H2,28,30)(H,29,31,35);3-4,6-11,13-14,19H,12,15-16H2,1H3,(H2,27,29)(H,28,30,35);1H3,(H,5,6). The van der Waals surface area contributed by atoms with Gasteiger partial charge in [-0.05, 0) is 114 Å². The summed E-state index contributed by atoms with van der Waals surface area (Å²) in [6, 6.07) is 28.7. The fourth-order valence-electron chi connectivity index (χ4n) is 8.88. The van der Waals surface area contributed by atoms with Gasteiger partial charge < -0.3 is 41.7 Å². The smallest absolute Gasteiger partial charge is 0.410 e. The summed E-state index contributed by atoms with van der Waals surface area (Å²) in [5.74, 6) is 10.6. The summed E-state index contributed by atoms with van der Waals surface area (Å²) in [4.78, 5) is 89.6. The highest BCUT2D eigenvalue weighted by Crippen LogP contribution is 2.36. The van der Waals surface area contributed by atoms with Gasteiger partial charge in [-0.1, -0.05) is 48.2 Å². The van der Waals surface area contributed by atoms with Crippen molar-refractivity contribution in [2.24, 2.45) is 0 Å². The van der Waals surface area contributed by atoms with Crippen molar-refractivity contribution in [1.29, 1.82) is 0 Å². The third-order valence-corrected chi connectivity index (χ3v) is 12.4. The van der Waals surface area contributed by atoms with Crippen molar-refractivity contribution in [2.75, 3.05) is 48.3 Å². The van der Waals surface area contributed by atoms with E-state index in [1.165, 1.54) is 6.92 Å². The number of carbonyl (C=O) groups excluding carboxylic acids is 4. The maximum atomic E-state index is 12.6. The van der Waals surface area contributed by atoms with Crippen molar-refractivity contribution in [1.82, 2.24) is 48.5 Å². The highest BCUT2D eigenvalue weighted by atomic mass is 16.6. The molecule has 10 rings (SSSR count). The first-order chi connectivity index (χ1) is 37.5. The zero-order chi connectivity index (χ0) is 55.5. The Morgan fingerprint density at radius 2 is 1.05 bits per heavy atom. The topological polar surface area (TPSA) is 284 Å². The minimum atomic E-state index is -1.07. The number of hydrogen-bond donors (Lipinski definition) is 5. The minimum Gasteiger partial charge on any atom is -0.472 e. The lowest BCUT2D eigenvalue weighted by Gasteiger charge is -2.24. The number of hydrogen-bond acceptors (Lipinski definition) is 14. The van der Waals surface area contributed by atoms with Crippen LogP contribution in [0.3, 0.4) is 0 Å². The van der Waals surface area contributed by atoms with E-state index in [2.05, 4.69) is 48.3 Å². The molecule has 2 fully saturated rings. The Morgan fingerprint density at radius 3 is 1.45 bits per heavy atom. The van der Waals surface area contributed by atoms with Crippen molar-refractivity contribution < 1.29 is 33.8 Å². The molecule has 7 N–H and O–H groups in total. The molecule has 8 aromatic rings. The van der Waals surface area contributed by atoms with E-state index in [-0.39, 0.29) is 35.7 Å². The van der Waals surface area contributed by atoms with Crippen LogP contribution in [-0.2, 0) is 14.3 Å². The number of imidazole rings is 2. The van der Waals surface area contributed by atoms with Crippen molar-refractivity contribution in [3.8, 4) is 46.5 Å². The Morgan fingerprint density at radius 1 is 0.603 bits per heavy atom. The number of fused-ring (bicyclic) bond motifs is 2. The Labute approximate surface area is 449 Å². The highest BCUT2D eigenvalue weighted by Gasteiger charge is 2.34. The van der Waals surface area contributed by atoms with Gasteiger partial charge in [0, 0.05) is 91.0 Å². The van der Waals surface area contributed by atoms with Crippen LogP contribution in [0.5, 0.6) is 0 Å². The van der Waals surface area contributed by atoms with Gasteiger partial charge in [-0.2, -0.15) is 0 Å². The van der Waals surface area contributed by atoms with Crippen molar-refractivity contribution in [3.05, 3.63) is 144 Å². The highest BCUT2D eigenvalue weighted by molar-refractivity contribution is 6.04. The van der Waals surface area contributed by atoms with Gasteiger partial charge in [0.1, 0.15) is 28.9 Å². The quantitative estimate of drug-likeness (QED) is 0.0926. The predicted octanol–water partition coefficient (Wildman–Crippen LogP) is 7.41. The Kier molecular flexibility index (Phi) is 16.7. The molecule has 2 aliphatic rings. The number of carboxylic acid groups (broad SMARTS) is 1. The average Bonchev–Trinajstić information content (AvgIpc) is 4.36. The number of nitrogens with two attached hydrogens (primary N) is 2. The number of benzene rings is 2. The molecule has 0 saturated carbocycles. The van der Waals surface area contributed by atoms with E-state index >= 15 is 0 Å². The lowest BCUT2D eigenvalue weighted by molar-refractivity contribution is -0.130. The lowest BCUT2D eigenvalue weighted by atomic mass is 10.0. The zero-order valence-electron chi connectivity index (χ0n) is 43.5. The summed E-state index contributed by atoms with van der Waals surface area (Å²) in [5.41, 5.74) is 17.9. The molecular weight excluding hydrogens is 993 g/mol. The monoisotopic (exact) mass is 1050 g/mol. The molecule has 0 aliphatic carbocycles. The summed E-state index contributed by atoms with van der Waals surface area (Å²) in [5, 5.41) is 13.3. The summed E-state index contributed by atoms with van der Waals surface area (Å²) >= 11 is 0. The van der Waals surface area contributed by atoms with E-state index in [0.717, 1.165) is 46.4 Å². The molecule has 2 saturated heterocycles. The van der Waals surface area contributed by atoms with Crippen LogP contribution in [0.2, 0.25) is 0 Å². The van der Waals surface area contributed by atoms with E-state index in [9.17, 15) is 24.0 Å². The van der Waals surface area contributed by atoms with Crippen LogP contribution in [0.25, 0.3) is 33.8 Å². The molecule has 2 atom stereocenters. The Balaban J connectivity index is 0.000000187. The van der Waals surface area contributed by atoms with E-state index in [1.807, 2.05) is 84.0 Å². The van der Waals surface area contributed by atoms with Crippen molar-refractivity contribution in [3.63, 3.8) is 0 Å². The number of anilines is 4. The molecule has 4 amide bonds. The molecule has 0 spiro atoms. The molecule has 0 bridgehead atoms. The van der Waals surface area contributed by atoms with Gasteiger partial charge in [-0.25, -0.2) is 39.5 Å². The predicted molar refractivity (Wildman–Crippen MR) is 294 cm³/mol. The van der Waals surface area contributed by atoms with Crippen LogP contribution >= 0.6 is 0 Å². The zero-order valence-corrected chi connectivity index (χ0v) is 43.5. The number of amides is 4. The van der Waals surface area contributed by atoms with Crippen molar-refractivity contribution >= 4 is 64.3 Å². The van der Waals surface area contributed by atoms with Gasteiger partial charge in [0.25, 0.3) is 17.7 Å². The molecule has 21 nitrogen and oxygen atoms in total. The van der Waals surface area contributed by atoms with E-state index in [4.69, 9.17) is 31.3 Å². The maximum absolute atomic E-state index is 12.6. The summed E-state index contributed by atoms with van der Waals surface area (Å²) in [6.45, 7) is 11.0. The first-order valence-corrected chi connectivity index (χ1v) is 24.8. The molecule has 78 heavy (non-hydrogen) atoms. The average molecular weight is 1050 g/mol. The number of aromatic nitrogens is 8. The van der Waals surface area contributed by atoms with E-state index in [0.29, 0.717) is 72.5 Å². The van der Waals surface area contributed by atoms with Crippen LogP contribution in [0.1, 0.15) is 91.4 Å². The molecule has 6 aromatic heterocycles. The number of pyridine rings is 2. The third kappa shape index (κ3) is 12.8. The van der Waals surface area contributed by atoms with Gasteiger partial charge >= 0.3 is 12.1 Å². The first-order valence-electron chi connectivity index (χ1n) is 24.8. The normalized spacial score (nSPS) is 14.6. The molecule has 396 valence electrons. The number of nitrogens with one attached hydrogen (secondary N) is 2. The SMILES string of the molecule is CC#CC(=O)N1CCC(c2nc(-c3ccc(C(=O)Nc4ccccn4)cc3)n3c(N)nccc23)C1.CC#CC(=O)O.CC(C)(C)OC(=O)N1CCC(c2nc(-c3ccc(C(=O)Nc4ccccn4)cc3)n3c(N)nccc23)C1. The van der Waals surface area contributed by atoms with Crippen LogP contribution in [0, 0.1) is 23.7 Å². The summed E-state index contributed by atoms with van der Waals surface area (Å²) in [6.07, 6.45) is 7.79. The van der Waals surface area contributed by atoms with Crippen molar-refractivity contribution in [2.45, 2.75) is 64.9 Å². The Hall–Kier alpha value is -10.2. The number of nitrogens with zero attached hydrogens (tertiary/aromatic N) is 10. The van der Waals surface area contributed by atoms with E-state index < -0.39 is 11.6 Å². The van der Waals surface area contributed by atoms with E-state index in [1.54, 1.807) is 90.0 Å². The number of nitrogen functional groups attached to an aromatic ring is 2. The minimum absolute atomic E-state index is 0.0292. The van der Waals surface area contributed by atoms with Gasteiger partial charge in [-0.15, -0.1) is 0 Å². The lowest BCUT2D eigenvalue weighted by Crippen LogP contribution is -2.35. The second-order valence-corrected chi connectivity index (χ2v) is 18.9. The van der Waals surface area contributed by atoms with Gasteiger partial charge in [0.2, 0.25) is 11.9 Å². The third-order valence-electron chi connectivity index (χ3n) is 12.4. The number of ether oxygens (including phenoxy) is 1. The maximum Gasteiger partial charge on any atom is 0.410 e. The molecular formula is C57H56N14O7. The molecule has 2 unspecified atom stereocenters. The number of rotatable bonds is 8. The molecule has 2 aliphatic heterocycles. The molecule has 0 radical (unpaired) electrons. The number of likely N-dealkylation sites (tertiary alicyclic amines) is 2. The summed E-state index contributed by atoms with van der Waals surface area (Å²) in [7, 11) is 0. The first kappa shape index (κ1) is 54.1. The number of carboxylic acids is 1. The Bertz CT molecular complexity index is 3630. The fraction of sp³-hybridized carbons (Fsp3) is 0.246. The fourth-order valence-corrected chi connectivity index (χ4v) is 8.88.